The predicted octanol–water partition coefficient (Wildman–Crippen LogP) is 2.30. The maximum Gasteiger partial charge on any atom is 0.200 e. The van der Waals surface area contributed by atoms with Gasteiger partial charge in [-0.15, -0.1) is 0 Å². The van der Waals surface area contributed by atoms with Crippen LogP contribution >= 0.6 is 0 Å². The molecule has 1 heterocycles. The standard InChI is InChI=1S/C11H11NO2/c1-6-3-4-8-9(5-13)11(14)12-10(8)7(6)2/h3-5,12,14H,1-2H3. The first-order valence-corrected chi connectivity index (χ1v) is 4.41. The van der Waals surface area contributed by atoms with E-state index < -0.39 is 0 Å². The SMILES string of the molecule is Cc1ccc2c(C=O)c(O)[nH]c2c1C. The zero-order valence-electron chi connectivity index (χ0n) is 8.09. The van der Waals surface area contributed by atoms with Crippen molar-refractivity contribution < 1.29 is 9.90 Å². The summed E-state index contributed by atoms with van der Waals surface area (Å²) in [4.78, 5) is 13.5. The number of hydrogen-bond donors (Lipinski definition) is 2. The largest absolute Gasteiger partial charge is 0.494 e. The Morgan fingerprint density at radius 2 is 2.07 bits per heavy atom. The number of carbonyl (C=O) groups excluding carboxylic acids is 1. The number of carbonyl (C=O) groups is 1. The zero-order chi connectivity index (χ0) is 10.3. The number of fused-ring (bicyclic) bond motifs is 1. The molecule has 0 amide bonds. The summed E-state index contributed by atoms with van der Waals surface area (Å²) in [6.45, 7) is 3.95. The Balaban J connectivity index is 2.93. The molecule has 0 aliphatic rings. The Kier molecular flexibility index (Phi) is 1.81. The van der Waals surface area contributed by atoms with E-state index in [1.165, 1.54) is 0 Å². The van der Waals surface area contributed by atoms with Crippen LogP contribution in [-0.2, 0) is 0 Å². The highest BCUT2D eigenvalue weighted by Crippen LogP contribution is 2.28. The second-order valence-electron chi connectivity index (χ2n) is 3.44. The monoisotopic (exact) mass is 189 g/mol. The van der Waals surface area contributed by atoms with E-state index in [9.17, 15) is 9.90 Å². The van der Waals surface area contributed by atoms with Gasteiger partial charge in [-0.2, -0.15) is 0 Å². The van der Waals surface area contributed by atoms with E-state index in [-0.39, 0.29) is 5.88 Å². The summed E-state index contributed by atoms with van der Waals surface area (Å²) < 4.78 is 0. The molecule has 0 radical (unpaired) electrons. The van der Waals surface area contributed by atoms with E-state index in [0.29, 0.717) is 11.8 Å². The highest BCUT2D eigenvalue weighted by molar-refractivity contribution is 6.01. The Hall–Kier alpha value is -1.77. The smallest absolute Gasteiger partial charge is 0.200 e. The molecule has 0 fully saturated rings. The van der Waals surface area contributed by atoms with Crippen LogP contribution < -0.4 is 0 Å². The Morgan fingerprint density at radius 3 is 2.71 bits per heavy atom. The first-order valence-electron chi connectivity index (χ1n) is 4.41. The third-order valence-electron chi connectivity index (χ3n) is 2.64. The fraction of sp³-hybridized carbons (Fsp3) is 0.182. The fourth-order valence-corrected chi connectivity index (χ4v) is 1.63. The molecule has 0 saturated heterocycles. The van der Waals surface area contributed by atoms with Crippen molar-refractivity contribution in [3.8, 4) is 5.88 Å². The van der Waals surface area contributed by atoms with Crippen LogP contribution in [-0.4, -0.2) is 16.4 Å². The van der Waals surface area contributed by atoms with Crippen LogP contribution in [0.2, 0.25) is 0 Å². The topological polar surface area (TPSA) is 53.1 Å². The molecule has 0 aliphatic carbocycles. The van der Waals surface area contributed by atoms with E-state index in [2.05, 4.69) is 4.98 Å². The molecule has 3 nitrogen and oxygen atoms in total. The van der Waals surface area contributed by atoms with Crippen LogP contribution in [0.3, 0.4) is 0 Å². The van der Waals surface area contributed by atoms with Crippen molar-refractivity contribution in [3.05, 3.63) is 28.8 Å². The Morgan fingerprint density at radius 1 is 1.36 bits per heavy atom. The van der Waals surface area contributed by atoms with E-state index in [1.54, 1.807) is 0 Å². The van der Waals surface area contributed by atoms with Crippen LogP contribution in [0.25, 0.3) is 10.9 Å². The third-order valence-corrected chi connectivity index (χ3v) is 2.64. The summed E-state index contributed by atoms with van der Waals surface area (Å²) in [5, 5.41) is 10.2. The van der Waals surface area contributed by atoms with Crippen LogP contribution in [0, 0.1) is 13.8 Å². The van der Waals surface area contributed by atoms with Crippen LogP contribution in [0.5, 0.6) is 5.88 Å². The highest BCUT2D eigenvalue weighted by Gasteiger charge is 2.11. The van der Waals surface area contributed by atoms with Crippen molar-refractivity contribution in [2.75, 3.05) is 0 Å². The fourth-order valence-electron chi connectivity index (χ4n) is 1.63. The average Bonchev–Trinajstić information content (AvgIpc) is 2.49. The van der Waals surface area contributed by atoms with Gasteiger partial charge < -0.3 is 10.1 Å². The highest BCUT2D eigenvalue weighted by atomic mass is 16.3. The van der Waals surface area contributed by atoms with Crippen LogP contribution in [0.1, 0.15) is 21.5 Å². The summed E-state index contributed by atoms with van der Waals surface area (Å²) in [6, 6.07) is 3.79. The number of rotatable bonds is 1. The first kappa shape index (κ1) is 8.81. The minimum Gasteiger partial charge on any atom is -0.494 e. The molecule has 2 rings (SSSR count). The molecule has 0 atom stereocenters. The quantitative estimate of drug-likeness (QED) is 0.676. The zero-order valence-corrected chi connectivity index (χ0v) is 8.09. The van der Waals surface area contributed by atoms with Crippen molar-refractivity contribution >= 4 is 17.2 Å². The molecule has 0 spiro atoms. The van der Waals surface area contributed by atoms with E-state index >= 15 is 0 Å². The summed E-state index contributed by atoms with van der Waals surface area (Å²) >= 11 is 0. The van der Waals surface area contributed by atoms with Gasteiger partial charge in [0.15, 0.2) is 12.2 Å². The number of aromatic nitrogens is 1. The lowest BCUT2D eigenvalue weighted by atomic mass is 10.1. The van der Waals surface area contributed by atoms with Crippen molar-refractivity contribution in [1.29, 1.82) is 0 Å². The molecular weight excluding hydrogens is 178 g/mol. The lowest BCUT2D eigenvalue weighted by molar-refractivity contribution is 0.112. The third kappa shape index (κ3) is 1.02. The number of hydrogen-bond acceptors (Lipinski definition) is 2. The van der Waals surface area contributed by atoms with Gasteiger partial charge in [-0.3, -0.25) is 4.79 Å². The van der Waals surface area contributed by atoms with Gasteiger partial charge in [0, 0.05) is 5.39 Å². The molecule has 1 aromatic heterocycles. The number of H-pyrrole nitrogens is 1. The number of nitrogens with one attached hydrogen (secondary N) is 1. The molecule has 2 aromatic rings. The van der Waals surface area contributed by atoms with Gasteiger partial charge in [0.2, 0.25) is 0 Å². The van der Waals surface area contributed by atoms with Gasteiger partial charge in [0.05, 0.1) is 11.1 Å². The van der Waals surface area contributed by atoms with E-state index in [1.807, 2.05) is 26.0 Å². The number of aromatic hydroxyl groups is 1. The van der Waals surface area contributed by atoms with Crippen LogP contribution in [0.15, 0.2) is 12.1 Å². The van der Waals surface area contributed by atoms with Gasteiger partial charge in [-0.1, -0.05) is 12.1 Å². The Bertz CT molecular complexity index is 511. The van der Waals surface area contributed by atoms with Crippen LogP contribution in [0.4, 0.5) is 0 Å². The molecule has 72 valence electrons. The first-order chi connectivity index (χ1) is 6.65. The van der Waals surface area contributed by atoms with E-state index in [4.69, 9.17) is 0 Å². The molecule has 1 aromatic carbocycles. The molecule has 0 saturated carbocycles. The van der Waals surface area contributed by atoms with Gasteiger partial charge in [-0.25, -0.2) is 0 Å². The molecule has 3 heteroatoms. The van der Waals surface area contributed by atoms with Gasteiger partial charge in [-0.05, 0) is 25.0 Å². The number of aromatic amines is 1. The minimum absolute atomic E-state index is 0.0521. The summed E-state index contributed by atoms with van der Waals surface area (Å²) in [5.74, 6) is -0.0521. The van der Waals surface area contributed by atoms with E-state index in [0.717, 1.165) is 22.0 Å². The molecule has 2 N–H and O–H groups in total. The van der Waals surface area contributed by atoms with Gasteiger partial charge in [0.25, 0.3) is 0 Å². The maximum absolute atomic E-state index is 10.7. The summed E-state index contributed by atoms with van der Waals surface area (Å²) in [7, 11) is 0. The normalized spacial score (nSPS) is 10.7. The van der Waals surface area contributed by atoms with Crippen molar-refractivity contribution in [1.82, 2.24) is 4.98 Å². The summed E-state index contributed by atoms with van der Waals surface area (Å²) in [6.07, 6.45) is 0.670. The van der Waals surface area contributed by atoms with Crippen molar-refractivity contribution in [2.24, 2.45) is 0 Å². The Labute approximate surface area is 81.4 Å². The molecular formula is C11H11NO2. The lowest BCUT2D eigenvalue weighted by Gasteiger charge is -2.00. The number of aryl methyl sites for hydroxylation is 2. The molecule has 0 bridgehead atoms. The molecule has 14 heavy (non-hydrogen) atoms. The second kappa shape index (κ2) is 2.87. The second-order valence-corrected chi connectivity index (χ2v) is 3.44. The maximum atomic E-state index is 10.7. The number of aldehydes is 1. The predicted molar refractivity (Wildman–Crippen MR) is 54.8 cm³/mol. The number of benzene rings is 1. The van der Waals surface area contributed by atoms with Gasteiger partial charge in [0.1, 0.15) is 0 Å². The molecule has 0 aliphatic heterocycles. The molecule has 0 unspecified atom stereocenters. The van der Waals surface area contributed by atoms with Gasteiger partial charge >= 0.3 is 0 Å². The summed E-state index contributed by atoms with van der Waals surface area (Å²) in [5.41, 5.74) is 3.37. The minimum atomic E-state index is -0.0521. The average molecular weight is 189 g/mol. The van der Waals surface area contributed by atoms with Crippen molar-refractivity contribution in [2.45, 2.75) is 13.8 Å². The lowest BCUT2D eigenvalue weighted by Crippen LogP contribution is -1.82. The van der Waals surface area contributed by atoms with Crippen molar-refractivity contribution in [3.63, 3.8) is 0 Å².